The summed E-state index contributed by atoms with van der Waals surface area (Å²) < 4.78 is 34.5. The van der Waals surface area contributed by atoms with Crippen LogP contribution in [-0.4, -0.2) is 51.4 Å². The van der Waals surface area contributed by atoms with E-state index in [9.17, 15) is 18.0 Å². The molecule has 220 valence electrons. The topological polar surface area (TPSA) is 96.0 Å². The van der Waals surface area contributed by atoms with E-state index >= 15 is 0 Å². The summed E-state index contributed by atoms with van der Waals surface area (Å²) in [7, 11) is -2.55. The third-order valence-electron chi connectivity index (χ3n) is 7.01. The van der Waals surface area contributed by atoms with Crippen molar-refractivity contribution in [1.82, 2.24) is 10.2 Å². The van der Waals surface area contributed by atoms with E-state index in [0.29, 0.717) is 24.4 Å². The zero-order valence-electron chi connectivity index (χ0n) is 24.8. The fourth-order valence-corrected chi connectivity index (χ4v) is 6.04. The first-order valence-electron chi connectivity index (χ1n) is 13.8. The van der Waals surface area contributed by atoms with Gasteiger partial charge in [-0.05, 0) is 73.2 Å². The number of ether oxygens (including phenoxy) is 1. The number of rotatable bonds is 13. The molecule has 1 atom stereocenters. The fraction of sp³-hybridized carbons (Fsp3) is 0.375. The largest absolute Gasteiger partial charge is 0.497 e. The fourth-order valence-electron chi connectivity index (χ4n) is 4.55. The number of aryl methyl sites for hydroxylation is 1. The van der Waals surface area contributed by atoms with Crippen molar-refractivity contribution in [3.8, 4) is 5.75 Å². The second-order valence-corrected chi connectivity index (χ2v) is 12.3. The third kappa shape index (κ3) is 7.88. The molecular weight excluding hydrogens is 538 g/mol. The molecule has 0 saturated heterocycles. The van der Waals surface area contributed by atoms with Gasteiger partial charge >= 0.3 is 0 Å². The highest BCUT2D eigenvalue weighted by atomic mass is 32.2. The van der Waals surface area contributed by atoms with Crippen molar-refractivity contribution in [3.63, 3.8) is 0 Å². The third-order valence-corrected chi connectivity index (χ3v) is 8.79. The molecule has 0 fully saturated rings. The first-order valence-corrected chi connectivity index (χ1v) is 15.3. The molecule has 0 radical (unpaired) electrons. The number of hydrogen-bond acceptors (Lipinski definition) is 5. The molecular formula is C32H41N3O5S. The lowest BCUT2D eigenvalue weighted by Crippen LogP contribution is -2.52. The lowest BCUT2D eigenvalue weighted by atomic mass is 10.1. The number of sulfonamides is 1. The van der Waals surface area contributed by atoms with Crippen molar-refractivity contribution in [3.05, 3.63) is 89.5 Å². The number of carbonyl (C=O) groups excluding carboxylic acids is 2. The van der Waals surface area contributed by atoms with Crippen LogP contribution in [-0.2, 0) is 26.2 Å². The molecule has 0 aliphatic carbocycles. The molecule has 9 heteroatoms. The molecule has 3 aromatic rings. The van der Waals surface area contributed by atoms with Crippen LogP contribution in [0.4, 0.5) is 5.69 Å². The Hall–Kier alpha value is -3.85. The van der Waals surface area contributed by atoms with Crippen molar-refractivity contribution in [2.45, 2.75) is 58.5 Å². The smallest absolute Gasteiger partial charge is 0.264 e. The van der Waals surface area contributed by atoms with Crippen molar-refractivity contribution in [2.75, 3.05) is 24.5 Å². The van der Waals surface area contributed by atoms with Crippen LogP contribution >= 0.6 is 0 Å². The Bertz CT molecular complexity index is 1440. The summed E-state index contributed by atoms with van der Waals surface area (Å²) in [5, 5.41) is 2.95. The van der Waals surface area contributed by atoms with Crippen LogP contribution < -0.4 is 14.4 Å². The van der Waals surface area contributed by atoms with Crippen LogP contribution in [0.2, 0.25) is 0 Å². The lowest BCUT2D eigenvalue weighted by Gasteiger charge is -2.34. The summed E-state index contributed by atoms with van der Waals surface area (Å²) in [6, 6.07) is 19.9. The molecule has 3 rings (SSSR count). The number of nitrogens with zero attached hydrogens (tertiary/aromatic N) is 2. The lowest BCUT2D eigenvalue weighted by molar-refractivity contribution is -0.140. The minimum Gasteiger partial charge on any atom is -0.497 e. The molecule has 0 heterocycles. The van der Waals surface area contributed by atoms with Crippen LogP contribution in [0.25, 0.3) is 0 Å². The molecule has 0 aliphatic rings. The SMILES string of the molecule is CCC(C(=O)NCC(C)C)N(Cc1cccc(OC)c1)C(=O)CN(c1cccc(C)c1C)S(=O)(=O)c1ccccc1. The predicted molar refractivity (Wildman–Crippen MR) is 162 cm³/mol. The van der Waals surface area contributed by atoms with Crippen molar-refractivity contribution >= 4 is 27.5 Å². The summed E-state index contributed by atoms with van der Waals surface area (Å²) in [6.45, 7) is 9.67. The van der Waals surface area contributed by atoms with Gasteiger partial charge in [-0.3, -0.25) is 13.9 Å². The molecule has 0 aliphatic heterocycles. The zero-order valence-corrected chi connectivity index (χ0v) is 25.6. The summed E-state index contributed by atoms with van der Waals surface area (Å²) in [5.41, 5.74) is 2.83. The van der Waals surface area contributed by atoms with Gasteiger partial charge in [-0.25, -0.2) is 8.42 Å². The molecule has 1 N–H and O–H groups in total. The number of nitrogens with one attached hydrogen (secondary N) is 1. The summed E-state index contributed by atoms with van der Waals surface area (Å²) in [4.78, 5) is 29.1. The monoisotopic (exact) mass is 579 g/mol. The van der Waals surface area contributed by atoms with Gasteiger partial charge in [-0.15, -0.1) is 0 Å². The van der Waals surface area contributed by atoms with Gasteiger partial charge in [-0.1, -0.05) is 63.2 Å². The maximum absolute atomic E-state index is 14.2. The second kappa shape index (κ2) is 14.2. The molecule has 0 spiro atoms. The Morgan fingerprint density at radius 3 is 2.27 bits per heavy atom. The van der Waals surface area contributed by atoms with E-state index in [1.54, 1.807) is 43.5 Å². The van der Waals surface area contributed by atoms with Gasteiger partial charge < -0.3 is 15.0 Å². The number of anilines is 1. The molecule has 8 nitrogen and oxygen atoms in total. The molecule has 41 heavy (non-hydrogen) atoms. The minimum atomic E-state index is -4.11. The first-order chi connectivity index (χ1) is 19.5. The van der Waals surface area contributed by atoms with E-state index in [1.165, 1.54) is 17.0 Å². The van der Waals surface area contributed by atoms with E-state index in [-0.39, 0.29) is 23.3 Å². The second-order valence-electron chi connectivity index (χ2n) is 10.5. The Kier molecular flexibility index (Phi) is 10.9. The van der Waals surface area contributed by atoms with Crippen LogP contribution in [0.15, 0.2) is 77.7 Å². The molecule has 0 saturated carbocycles. The van der Waals surface area contributed by atoms with Gasteiger partial charge in [0.05, 0.1) is 17.7 Å². The first kappa shape index (κ1) is 31.7. The van der Waals surface area contributed by atoms with Crippen LogP contribution in [0.3, 0.4) is 0 Å². The zero-order chi connectivity index (χ0) is 30.2. The maximum atomic E-state index is 14.2. The molecule has 3 aromatic carbocycles. The van der Waals surface area contributed by atoms with Crippen molar-refractivity contribution in [1.29, 1.82) is 0 Å². The average Bonchev–Trinajstić information content (AvgIpc) is 2.96. The minimum absolute atomic E-state index is 0.0785. The highest BCUT2D eigenvalue weighted by molar-refractivity contribution is 7.92. The van der Waals surface area contributed by atoms with Crippen molar-refractivity contribution in [2.24, 2.45) is 5.92 Å². The number of hydrogen-bond donors (Lipinski definition) is 1. The van der Waals surface area contributed by atoms with Gasteiger partial charge in [-0.2, -0.15) is 0 Å². The van der Waals surface area contributed by atoms with E-state index in [4.69, 9.17) is 4.74 Å². The molecule has 1 unspecified atom stereocenters. The van der Waals surface area contributed by atoms with Crippen molar-refractivity contribution < 1.29 is 22.7 Å². The highest BCUT2D eigenvalue weighted by Crippen LogP contribution is 2.29. The van der Waals surface area contributed by atoms with E-state index in [1.807, 2.05) is 58.9 Å². The number of amides is 2. The predicted octanol–water partition coefficient (Wildman–Crippen LogP) is 5.09. The standard InChI is InChI=1S/C32H41N3O5S/c1-7-29(32(37)33-20-23(2)3)34(21-26-14-12-15-27(19-26)40-6)31(36)22-35(30-18-11-13-24(4)25(30)5)41(38,39)28-16-9-8-10-17-28/h8-19,23,29H,7,20-22H2,1-6H3,(H,33,37). The van der Waals surface area contributed by atoms with Gasteiger partial charge in [0, 0.05) is 13.1 Å². The van der Waals surface area contributed by atoms with Gasteiger partial charge in [0.15, 0.2) is 0 Å². The van der Waals surface area contributed by atoms with E-state index in [2.05, 4.69) is 5.32 Å². The van der Waals surface area contributed by atoms with Crippen LogP contribution in [0, 0.1) is 19.8 Å². The highest BCUT2D eigenvalue weighted by Gasteiger charge is 2.34. The Morgan fingerprint density at radius 1 is 0.951 bits per heavy atom. The number of carbonyl (C=O) groups is 2. The summed E-state index contributed by atoms with van der Waals surface area (Å²) in [6.07, 6.45) is 0.356. The molecule has 0 aromatic heterocycles. The Labute approximate surface area is 244 Å². The normalized spacial score (nSPS) is 12.1. The average molecular weight is 580 g/mol. The van der Waals surface area contributed by atoms with Gasteiger partial charge in [0.2, 0.25) is 11.8 Å². The number of methoxy groups -OCH3 is 1. The molecule has 2 amide bonds. The summed E-state index contributed by atoms with van der Waals surface area (Å²) in [5.74, 6) is 0.0899. The Balaban J connectivity index is 2.09. The Morgan fingerprint density at radius 2 is 1.63 bits per heavy atom. The van der Waals surface area contributed by atoms with E-state index < -0.39 is 28.5 Å². The van der Waals surface area contributed by atoms with Crippen LogP contribution in [0.5, 0.6) is 5.75 Å². The summed E-state index contributed by atoms with van der Waals surface area (Å²) >= 11 is 0. The number of benzene rings is 3. The maximum Gasteiger partial charge on any atom is 0.264 e. The van der Waals surface area contributed by atoms with Gasteiger partial charge in [0.1, 0.15) is 18.3 Å². The van der Waals surface area contributed by atoms with Gasteiger partial charge in [0.25, 0.3) is 10.0 Å². The van der Waals surface area contributed by atoms with Crippen LogP contribution in [0.1, 0.15) is 43.9 Å². The van der Waals surface area contributed by atoms with E-state index in [0.717, 1.165) is 21.0 Å². The quantitative estimate of drug-likeness (QED) is 0.305. The molecule has 0 bridgehead atoms.